The second-order valence-corrected chi connectivity index (χ2v) is 7.39. The van der Waals surface area contributed by atoms with E-state index in [1.807, 2.05) is 0 Å². The lowest BCUT2D eigenvalue weighted by molar-refractivity contribution is 0.129. The van der Waals surface area contributed by atoms with E-state index in [1.54, 1.807) is 0 Å². The van der Waals surface area contributed by atoms with Crippen molar-refractivity contribution in [3.63, 3.8) is 0 Å². The number of halogens is 3. The first-order valence-electron chi connectivity index (χ1n) is 5.95. The second kappa shape index (κ2) is 3.64. The first-order valence-corrected chi connectivity index (χ1v) is 7.90. The molecule has 1 aromatic carbocycles. The fourth-order valence-electron chi connectivity index (χ4n) is 3.87. The van der Waals surface area contributed by atoms with Crippen LogP contribution in [0.2, 0.25) is 0 Å². The van der Waals surface area contributed by atoms with Crippen LogP contribution in [0, 0.1) is 15.4 Å². The summed E-state index contributed by atoms with van der Waals surface area (Å²) in [4.78, 5) is 0. The second-order valence-electron chi connectivity index (χ2n) is 5.22. The van der Waals surface area contributed by atoms with Crippen molar-refractivity contribution in [2.45, 2.75) is 22.6 Å². The summed E-state index contributed by atoms with van der Waals surface area (Å²) in [6.07, 6.45) is 4.71. The van der Waals surface area contributed by atoms with Crippen LogP contribution in [-0.4, -0.2) is 10.8 Å². The molecule has 0 amide bonds. The maximum atomic E-state index is 6.42. The molecule has 2 bridgehead atoms. The highest BCUT2D eigenvalue weighted by Gasteiger charge is 2.59. The molecule has 1 fully saturated rings. The first kappa shape index (κ1) is 11.1. The highest BCUT2D eigenvalue weighted by Crippen LogP contribution is 2.63. The number of hydrogen-bond acceptors (Lipinski definition) is 0. The molecule has 0 aliphatic heterocycles. The zero-order chi connectivity index (χ0) is 11.7. The molecule has 17 heavy (non-hydrogen) atoms. The Bertz CT molecular complexity index is 525. The minimum atomic E-state index is 0.142. The van der Waals surface area contributed by atoms with E-state index in [9.17, 15) is 0 Å². The van der Waals surface area contributed by atoms with E-state index in [-0.39, 0.29) is 10.8 Å². The molecule has 0 spiro atoms. The fraction of sp³-hybridized carbons (Fsp3) is 0.429. The Morgan fingerprint density at radius 3 is 2.35 bits per heavy atom. The van der Waals surface area contributed by atoms with Crippen molar-refractivity contribution in [2.24, 2.45) is 11.8 Å². The van der Waals surface area contributed by atoms with E-state index in [1.165, 1.54) is 14.7 Å². The van der Waals surface area contributed by atoms with Crippen LogP contribution in [0.5, 0.6) is 0 Å². The molecule has 0 nitrogen and oxygen atoms in total. The molecule has 0 saturated heterocycles. The van der Waals surface area contributed by atoms with Gasteiger partial charge in [-0.05, 0) is 51.6 Å². The lowest BCUT2D eigenvalue weighted by Gasteiger charge is -2.58. The molecule has 4 aliphatic rings. The van der Waals surface area contributed by atoms with Gasteiger partial charge in [0.15, 0.2) is 0 Å². The monoisotopic (exact) mass is 376 g/mol. The standard InChI is InChI=1S/C14H11Cl2I/c15-13-11-7-4-5-8(12(11)14(13)16)10-6(7)2-1-3-9(10)17/h1-5,7-8,11-14H. The summed E-state index contributed by atoms with van der Waals surface area (Å²) in [6.45, 7) is 0. The Morgan fingerprint density at radius 2 is 1.59 bits per heavy atom. The molecule has 0 aromatic heterocycles. The number of hydrogen-bond donors (Lipinski definition) is 0. The van der Waals surface area contributed by atoms with E-state index < -0.39 is 0 Å². The molecule has 0 heterocycles. The highest BCUT2D eigenvalue weighted by molar-refractivity contribution is 14.1. The Morgan fingerprint density at radius 1 is 0.941 bits per heavy atom. The number of rotatable bonds is 0. The molecule has 0 radical (unpaired) electrons. The molecule has 1 saturated carbocycles. The molecular weight excluding hydrogens is 366 g/mol. The molecule has 0 N–H and O–H groups in total. The number of benzene rings is 1. The molecule has 88 valence electrons. The molecule has 3 heteroatoms. The fourth-order valence-corrected chi connectivity index (χ4v) is 5.73. The quantitative estimate of drug-likeness (QED) is 0.355. The minimum Gasteiger partial charge on any atom is -0.121 e. The zero-order valence-corrected chi connectivity index (χ0v) is 12.7. The SMILES string of the molecule is ClC1C(Cl)C2C3C=CC(c4cccc(I)c43)C12. The van der Waals surface area contributed by atoms with Gasteiger partial charge in [-0.1, -0.05) is 24.3 Å². The van der Waals surface area contributed by atoms with Crippen molar-refractivity contribution in [3.8, 4) is 0 Å². The van der Waals surface area contributed by atoms with Crippen molar-refractivity contribution in [1.29, 1.82) is 0 Å². The number of alkyl halides is 2. The summed E-state index contributed by atoms with van der Waals surface area (Å²) in [6, 6.07) is 6.62. The predicted molar refractivity (Wildman–Crippen MR) is 80.0 cm³/mol. The van der Waals surface area contributed by atoms with Gasteiger partial charge in [-0.25, -0.2) is 0 Å². The average molecular weight is 377 g/mol. The van der Waals surface area contributed by atoms with Crippen LogP contribution >= 0.6 is 45.8 Å². The van der Waals surface area contributed by atoms with E-state index in [0.717, 1.165) is 0 Å². The maximum absolute atomic E-state index is 6.42. The van der Waals surface area contributed by atoms with Crippen LogP contribution in [0.25, 0.3) is 0 Å². The Kier molecular flexibility index (Phi) is 2.38. The molecule has 4 aliphatic carbocycles. The third-order valence-corrected chi connectivity index (χ3v) is 6.81. The van der Waals surface area contributed by atoms with Crippen LogP contribution < -0.4 is 0 Å². The average Bonchev–Trinajstić information content (AvgIpc) is 2.37. The summed E-state index contributed by atoms with van der Waals surface area (Å²) in [5, 5.41) is 0.286. The van der Waals surface area contributed by atoms with Crippen molar-refractivity contribution in [1.82, 2.24) is 0 Å². The van der Waals surface area contributed by atoms with Crippen LogP contribution in [0.15, 0.2) is 30.4 Å². The molecule has 5 rings (SSSR count). The number of allylic oxidation sites excluding steroid dienone is 2. The van der Waals surface area contributed by atoms with Gasteiger partial charge in [0.2, 0.25) is 0 Å². The van der Waals surface area contributed by atoms with Crippen LogP contribution in [0.3, 0.4) is 0 Å². The van der Waals surface area contributed by atoms with Gasteiger partial charge < -0.3 is 0 Å². The summed E-state index contributed by atoms with van der Waals surface area (Å²) in [7, 11) is 0. The maximum Gasteiger partial charge on any atom is 0.0543 e. The first-order chi connectivity index (χ1) is 8.20. The molecule has 6 atom stereocenters. The largest absolute Gasteiger partial charge is 0.121 e. The van der Waals surface area contributed by atoms with Crippen molar-refractivity contribution >= 4 is 45.8 Å². The lowest BCUT2D eigenvalue weighted by atomic mass is 9.51. The van der Waals surface area contributed by atoms with E-state index in [2.05, 4.69) is 52.9 Å². The van der Waals surface area contributed by atoms with Gasteiger partial charge in [0.25, 0.3) is 0 Å². The predicted octanol–water partition coefficient (Wildman–Crippen LogP) is 4.50. The van der Waals surface area contributed by atoms with Gasteiger partial charge in [-0.2, -0.15) is 0 Å². The Balaban J connectivity index is 1.93. The lowest BCUT2D eigenvalue weighted by Crippen LogP contribution is -2.57. The third-order valence-electron chi connectivity index (χ3n) is 4.62. The van der Waals surface area contributed by atoms with Crippen LogP contribution in [-0.2, 0) is 0 Å². The van der Waals surface area contributed by atoms with Gasteiger partial charge in [0, 0.05) is 15.4 Å². The Labute approximate surface area is 125 Å². The van der Waals surface area contributed by atoms with Crippen LogP contribution in [0.4, 0.5) is 0 Å². The van der Waals surface area contributed by atoms with Crippen molar-refractivity contribution in [2.75, 3.05) is 0 Å². The smallest absolute Gasteiger partial charge is 0.0543 e. The Hall–Kier alpha value is 0.270. The van der Waals surface area contributed by atoms with Gasteiger partial charge in [0.05, 0.1) is 10.8 Å². The van der Waals surface area contributed by atoms with Gasteiger partial charge >= 0.3 is 0 Å². The van der Waals surface area contributed by atoms with Gasteiger partial charge in [0.1, 0.15) is 0 Å². The normalized spacial score (nSPS) is 45.1. The molecule has 6 unspecified atom stereocenters. The van der Waals surface area contributed by atoms with Crippen LogP contribution in [0.1, 0.15) is 23.0 Å². The highest BCUT2D eigenvalue weighted by atomic mass is 127. The van der Waals surface area contributed by atoms with Crippen molar-refractivity contribution < 1.29 is 0 Å². The molecule has 1 aromatic rings. The van der Waals surface area contributed by atoms with E-state index in [4.69, 9.17) is 23.2 Å². The summed E-state index contributed by atoms with van der Waals surface area (Å²) in [5.74, 6) is 2.09. The molecular formula is C14H11Cl2I. The minimum absolute atomic E-state index is 0.142. The van der Waals surface area contributed by atoms with E-state index in [0.29, 0.717) is 23.7 Å². The zero-order valence-electron chi connectivity index (χ0n) is 8.98. The summed E-state index contributed by atoms with van der Waals surface area (Å²) in [5.41, 5.74) is 3.00. The van der Waals surface area contributed by atoms with Gasteiger partial charge in [-0.3, -0.25) is 0 Å². The van der Waals surface area contributed by atoms with Crippen molar-refractivity contribution in [3.05, 3.63) is 45.0 Å². The summed E-state index contributed by atoms with van der Waals surface area (Å²) < 4.78 is 1.37. The van der Waals surface area contributed by atoms with E-state index >= 15 is 0 Å². The third kappa shape index (κ3) is 1.26. The topological polar surface area (TPSA) is 0 Å². The van der Waals surface area contributed by atoms with Gasteiger partial charge in [-0.15, -0.1) is 23.2 Å². The summed E-state index contributed by atoms with van der Waals surface area (Å²) >= 11 is 15.3.